The van der Waals surface area contributed by atoms with Crippen molar-refractivity contribution in [3.05, 3.63) is 89.5 Å². The molecule has 33 heavy (non-hydrogen) atoms. The van der Waals surface area contributed by atoms with Crippen LogP contribution in [0.2, 0.25) is 0 Å². The van der Waals surface area contributed by atoms with E-state index >= 15 is 0 Å². The molecule has 0 aliphatic carbocycles. The molecular weight excluding hydrogens is 440 g/mol. The molecule has 0 aromatic heterocycles. The van der Waals surface area contributed by atoms with E-state index in [1.54, 1.807) is 31.2 Å². The predicted molar refractivity (Wildman–Crippen MR) is 113 cm³/mol. The van der Waals surface area contributed by atoms with Gasteiger partial charge in [-0.25, -0.2) is 0 Å². The number of rotatable bonds is 7. The minimum Gasteiger partial charge on any atom is -0.550 e. The summed E-state index contributed by atoms with van der Waals surface area (Å²) >= 11 is 0. The Labute approximate surface area is 212 Å². The first-order valence-corrected chi connectivity index (χ1v) is 9.87. The Hall–Kier alpha value is -2.72. The predicted octanol–water partition coefficient (Wildman–Crippen LogP) is 2.20. The molecule has 0 bridgehead atoms. The summed E-state index contributed by atoms with van der Waals surface area (Å²) < 4.78 is 44.1. The van der Waals surface area contributed by atoms with Gasteiger partial charge < -0.3 is 14.6 Å². The monoisotopic (exact) mass is 460 g/mol. The van der Waals surface area contributed by atoms with Crippen LogP contribution in [0.1, 0.15) is 36.0 Å². The minimum absolute atomic E-state index is 0. The summed E-state index contributed by atoms with van der Waals surface area (Å²) in [6.45, 7) is 1.92. The molecule has 3 rings (SSSR count). The molecule has 0 N–H and O–H groups in total. The van der Waals surface area contributed by atoms with Crippen molar-refractivity contribution in [2.24, 2.45) is 0 Å². The number of hydrogen-bond donors (Lipinski definition) is 0. The van der Waals surface area contributed by atoms with E-state index in [1.807, 2.05) is 24.3 Å². The summed E-state index contributed by atoms with van der Waals surface area (Å²) in [6, 6.07) is 19.4. The number of benzene rings is 3. The van der Waals surface area contributed by atoms with Crippen LogP contribution in [0.5, 0.6) is 5.75 Å². The van der Waals surface area contributed by atoms with E-state index in [1.165, 1.54) is 12.1 Å². The van der Waals surface area contributed by atoms with E-state index in [0.29, 0.717) is 11.3 Å². The number of carbonyl (C=O) groups excluding carboxylic acids is 1. The zero-order valence-electron chi connectivity index (χ0n) is 18.3. The van der Waals surface area contributed by atoms with Gasteiger partial charge in [-0.1, -0.05) is 48.4 Å². The summed E-state index contributed by atoms with van der Waals surface area (Å²) in [7, 11) is 0. The van der Waals surface area contributed by atoms with Crippen LogP contribution in [0.3, 0.4) is 0 Å². The topological polar surface area (TPSA) is 49.4 Å². The number of carbonyl (C=O) groups is 1. The Morgan fingerprint density at radius 2 is 1.67 bits per heavy atom. The van der Waals surface area contributed by atoms with Gasteiger partial charge in [0.05, 0.1) is 11.5 Å². The number of alkyl halides is 3. The first-order chi connectivity index (χ1) is 15.3. The normalized spacial score (nSPS) is 11.5. The van der Waals surface area contributed by atoms with Crippen LogP contribution in [0, 0.1) is 11.8 Å². The Kier molecular flexibility index (Phi) is 9.60. The fourth-order valence-corrected chi connectivity index (χ4v) is 3.25. The molecule has 0 radical (unpaired) electrons. The van der Waals surface area contributed by atoms with Crippen LogP contribution in [-0.2, 0) is 17.6 Å². The number of halogens is 3. The molecule has 3 aromatic carbocycles. The van der Waals surface area contributed by atoms with Gasteiger partial charge in [-0.05, 0) is 59.5 Å². The Balaban J connectivity index is 0.00000385. The smallest absolute Gasteiger partial charge is 0.550 e. The largest absolute Gasteiger partial charge is 1.00 e. The van der Waals surface area contributed by atoms with Gasteiger partial charge in [-0.15, -0.1) is 5.92 Å². The van der Waals surface area contributed by atoms with Gasteiger partial charge in [-0.3, -0.25) is 0 Å². The van der Waals surface area contributed by atoms with Crippen LogP contribution in [-0.4, -0.2) is 5.97 Å². The Morgan fingerprint density at radius 3 is 2.24 bits per heavy atom. The summed E-state index contributed by atoms with van der Waals surface area (Å²) in [4.78, 5) is 10.9. The number of ether oxygens (including phenoxy) is 1. The standard InChI is InChI=1S/C26H21F3O3.Na/c1-2-4-21(16-25(30)31)20-9-13-24(14-10-20)32-17-18-5-3-6-22(15-18)19-7-11-23(12-8-19)26(27,28)29;/h3,5-15,21H,16-17H2,1H3,(H,30,31);/q;+1/p-1. The second kappa shape index (κ2) is 11.9. The Morgan fingerprint density at radius 1 is 1.00 bits per heavy atom. The maximum Gasteiger partial charge on any atom is 1.00 e. The number of hydrogen-bond acceptors (Lipinski definition) is 3. The second-order valence-electron chi connectivity index (χ2n) is 7.16. The van der Waals surface area contributed by atoms with Crippen molar-refractivity contribution in [3.8, 4) is 28.7 Å². The number of aliphatic carboxylic acids is 1. The maximum absolute atomic E-state index is 12.8. The van der Waals surface area contributed by atoms with Crippen molar-refractivity contribution >= 4 is 5.97 Å². The quantitative estimate of drug-likeness (QED) is 0.401. The molecule has 0 saturated carbocycles. The number of carboxylic acid groups (broad SMARTS) is 1. The molecule has 1 atom stereocenters. The van der Waals surface area contributed by atoms with E-state index in [4.69, 9.17) is 4.74 Å². The molecule has 0 aliphatic heterocycles. The van der Waals surface area contributed by atoms with Gasteiger partial charge in [0.1, 0.15) is 12.4 Å². The van der Waals surface area contributed by atoms with Crippen molar-refractivity contribution in [1.29, 1.82) is 0 Å². The molecular formula is C26H20F3NaO3. The first-order valence-electron chi connectivity index (χ1n) is 9.87. The fraction of sp³-hybridized carbons (Fsp3) is 0.192. The second-order valence-corrected chi connectivity index (χ2v) is 7.16. The van der Waals surface area contributed by atoms with E-state index in [0.717, 1.165) is 28.8 Å². The summed E-state index contributed by atoms with van der Waals surface area (Å²) in [5.74, 6) is 4.60. The molecule has 0 fully saturated rings. The molecule has 1 unspecified atom stereocenters. The molecule has 3 aromatic rings. The summed E-state index contributed by atoms with van der Waals surface area (Å²) in [5.41, 5.74) is 2.41. The molecule has 0 aliphatic rings. The molecule has 0 heterocycles. The summed E-state index contributed by atoms with van der Waals surface area (Å²) in [6.07, 6.45) is -4.55. The van der Waals surface area contributed by atoms with Crippen molar-refractivity contribution < 1.29 is 57.4 Å². The molecule has 0 spiro atoms. The van der Waals surface area contributed by atoms with Gasteiger partial charge >= 0.3 is 35.7 Å². The van der Waals surface area contributed by atoms with Crippen LogP contribution in [0.15, 0.2) is 72.8 Å². The van der Waals surface area contributed by atoms with Crippen LogP contribution < -0.4 is 39.4 Å². The van der Waals surface area contributed by atoms with Crippen molar-refractivity contribution in [3.63, 3.8) is 0 Å². The third-order valence-electron chi connectivity index (χ3n) is 4.85. The fourth-order valence-electron chi connectivity index (χ4n) is 3.25. The molecule has 0 saturated heterocycles. The third kappa shape index (κ3) is 7.68. The van der Waals surface area contributed by atoms with Crippen LogP contribution >= 0.6 is 0 Å². The van der Waals surface area contributed by atoms with Crippen molar-refractivity contribution in [2.45, 2.75) is 32.0 Å². The average molecular weight is 460 g/mol. The van der Waals surface area contributed by atoms with E-state index in [-0.39, 0.29) is 42.6 Å². The van der Waals surface area contributed by atoms with Crippen LogP contribution in [0.4, 0.5) is 13.2 Å². The summed E-state index contributed by atoms with van der Waals surface area (Å²) in [5, 5.41) is 10.9. The molecule has 7 heteroatoms. The molecule has 0 amide bonds. The van der Waals surface area contributed by atoms with Gasteiger partial charge in [0.25, 0.3) is 0 Å². The Bertz CT molecular complexity index is 1130. The zero-order valence-corrected chi connectivity index (χ0v) is 20.3. The van der Waals surface area contributed by atoms with Gasteiger partial charge in [0.2, 0.25) is 0 Å². The van der Waals surface area contributed by atoms with Gasteiger partial charge in [0, 0.05) is 12.4 Å². The molecule has 3 nitrogen and oxygen atoms in total. The average Bonchev–Trinajstić information content (AvgIpc) is 2.77. The number of carboxylic acids is 1. The minimum atomic E-state index is -4.36. The van der Waals surface area contributed by atoms with Crippen molar-refractivity contribution in [1.82, 2.24) is 0 Å². The van der Waals surface area contributed by atoms with Crippen LogP contribution in [0.25, 0.3) is 11.1 Å². The van der Waals surface area contributed by atoms with E-state index in [2.05, 4.69) is 11.8 Å². The van der Waals surface area contributed by atoms with E-state index in [9.17, 15) is 23.1 Å². The zero-order chi connectivity index (χ0) is 23.1. The first kappa shape index (κ1) is 26.5. The van der Waals surface area contributed by atoms with Crippen molar-refractivity contribution in [2.75, 3.05) is 0 Å². The SMILES string of the molecule is CC#CC(CC(=O)[O-])c1ccc(OCc2cccc(-c3ccc(C(F)(F)F)cc3)c2)cc1.[Na+]. The maximum atomic E-state index is 12.8. The van der Waals surface area contributed by atoms with Gasteiger partial charge in [-0.2, -0.15) is 13.2 Å². The third-order valence-corrected chi connectivity index (χ3v) is 4.85. The van der Waals surface area contributed by atoms with E-state index < -0.39 is 23.6 Å². The van der Waals surface area contributed by atoms with Gasteiger partial charge in [0.15, 0.2) is 0 Å². The molecule has 164 valence electrons.